The molecule has 0 spiro atoms. The molecule has 3 aliphatic rings. The normalized spacial score (nSPS) is 23.2. The minimum absolute atomic E-state index is 0.0623. The lowest BCUT2D eigenvalue weighted by atomic mass is 10.0. The Labute approximate surface area is 289 Å². The van der Waals surface area contributed by atoms with Gasteiger partial charge in [0.2, 0.25) is 5.91 Å². The number of aryl methyl sites for hydroxylation is 2. The summed E-state index contributed by atoms with van der Waals surface area (Å²) in [6.07, 6.45) is 6.51. The number of aromatic nitrogens is 3. The van der Waals surface area contributed by atoms with Crippen molar-refractivity contribution in [1.82, 2.24) is 50.5 Å². The van der Waals surface area contributed by atoms with E-state index >= 15 is 0 Å². The van der Waals surface area contributed by atoms with Crippen LogP contribution in [-0.2, 0) is 32.1 Å². The summed E-state index contributed by atoms with van der Waals surface area (Å²) in [5.74, 6) is -2.23. The molecule has 1 aromatic rings. The van der Waals surface area contributed by atoms with Crippen LogP contribution in [0.3, 0.4) is 0 Å². The number of amides is 3. The molecule has 3 aliphatic heterocycles. The average Bonchev–Trinajstić information content (AvgIpc) is 3.74. The summed E-state index contributed by atoms with van der Waals surface area (Å²) in [6, 6.07) is 0.399. The molecule has 4 heterocycles. The first-order chi connectivity index (χ1) is 23.5. The van der Waals surface area contributed by atoms with E-state index in [4.69, 9.17) is 0 Å². The van der Waals surface area contributed by atoms with Crippen molar-refractivity contribution in [2.75, 3.05) is 90.8 Å². The Balaban J connectivity index is 1.18. The number of fused-ring (bicyclic) bond motifs is 1. The predicted octanol–water partition coefficient (Wildman–Crippen LogP) is -1.86. The number of carboxylic acids is 3. The molecule has 0 radical (unpaired) electrons. The zero-order valence-electron chi connectivity index (χ0n) is 27.9. The molecule has 0 aliphatic carbocycles. The summed E-state index contributed by atoms with van der Waals surface area (Å²) < 4.78 is 1.78. The monoisotopic (exact) mass is 710 g/mol. The molecule has 3 saturated heterocycles. The number of carbonyl (C=O) groups excluding carboxylic acids is 2. The quantitative estimate of drug-likeness (QED) is 0.0770. The van der Waals surface area contributed by atoms with E-state index in [9.17, 15) is 39.3 Å². The largest absolute Gasteiger partial charge is 0.480 e. The molecule has 3 amide bonds. The van der Waals surface area contributed by atoms with Crippen LogP contribution >= 0.6 is 11.8 Å². The van der Waals surface area contributed by atoms with Crippen molar-refractivity contribution in [3.8, 4) is 0 Å². The van der Waals surface area contributed by atoms with E-state index in [-0.39, 0.29) is 50.2 Å². The van der Waals surface area contributed by atoms with Gasteiger partial charge in [-0.2, -0.15) is 11.8 Å². The highest BCUT2D eigenvalue weighted by atomic mass is 32.2. The zero-order valence-corrected chi connectivity index (χ0v) is 28.7. The fourth-order valence-electron chi connectivity index (χ4n) is 6.37. The van der Waals surface area contributed by atoms with Crippen molar-refractivity contribution in [3.05, 3.63) is 11.9 Å². The maximum atomic E-state index is 12.9. The minimum atomic E-state index is -1.01. The van der Waals surface area contributed by atoms with Crippen molar-refractivity contribution in [2.45, 2.75) is 56.0 Å². The molecule has 19 heteroatoms. The fraction of sp³-hybridized carbons (Fsp3) is 0.767. The second-order valence-electron chi connectivity index (χ2n) is 12.8. The molecule has 274 valence electrons. The Morgan fingerprint density at radius 1 is 0.796 bits per heavy atom. The van der Waals surface area contributed by atoms with Gasteiger partial charge in [-0.25, -0.2) is 4.79 Å². The van der Waals surface area contributed by atoms with Gasteiger partial charge in [-0.3, -0.25) is 43.5 Å². The van der Waals surface area contributed by atoms with Crippen LogP contribution in [0.15, 0.2) is 6.20 Å². The lowest BCUT2D eigenvalue weighted by Crippen LogP contribution is -2.49. The molecule has 18 nitrogen and oxygen atoms in total. The fourth-order valence-corrected chi connectivity index (χ4v) is 7.91. The Morgan fingerprint density at radius 3 is 1.90 bits per heavy atom. The summed E-state index contributed by atoms with van der Waals surface area (Å²) in [7, 11) is 0. The van der Waals surface area contributed by atoms with Gasteiger partial charge < -0.3 is 31.3 Å². The minimum Gasteiger partial charge on any atom is -0.480 e. The summed E-state index contributed by atoms with van der Waals surface area (Å²) in [6.45, 7) is 3.20. The number of nitrogens with one attached hydrogen (secondary N) is 3. The number of hydrogen-bond acceptors (Lipinski definition) is 12. The van der Waals surface area contributed by atoms with Crippen LogP contribution in [0.1, 0.15) is 31.4 Å². The van der Waals surface area contributed by atoms with Crippen molar-refractivity contribution < 1.29 is 39.3 Å². The van der Waals surface area contributed by atoms with Gasteiger partial charge in [0.15, 0.2) is 0 Å². The lowest BCUT2D eigenvalue weighted by molar-refractivity contribution is -0.140. The van der Waals surface area contributed by atoms with Crippen LogP contribution in [-0.4, -0.2) is 188 Å². The number of urea groups is 1. The van der Waals surface area contributed by atoms with Crippen molar-refractivity contribution in [3.63, 3.8) is 0 Å². The standard InChI is InChI=1S/C30H50N10O8S/c41-25(31-6-3-7-40-16-22(34-35-40)4-1-2-5-24-29-23(21-49-24)32-30(48)33-29)17-36-8-10-37(18-26(42)43)12-14-39(20-28(46)47)15-13-38(11-9-36)19-27(44)45/h16,23-24,29H,1-15,17-21H2,(H,31,41)(H,42,43)(H,44,45)(H,46,47)(H2,32,33,48)/t23-,24-,29-/m0/s1. The highest BCUT2D eigenvalue weighted by Crippen LogP contribution is 2.33. The van der Waals surface area contributed by atoms with E-state index in [0.717, 1.165) is 37.1 Å². The third-order valence-electron chi connectivity index (χ3n) is 8.96. The number of thioether (sulfide) groups is 1. The van der Waals surface area contributed by atoms with Crippen LogP contribution < -0.4 is 16.0 Å². The van der Waals surface area contributed by atoms with Crippen molar-refractivity contribution in [1.29, 1.82) is 0 Å². The number of hydrogen-bond donors (Lipinski definition) is 6. The first-order valence-electron chi connectivity index (χ1n) is 16.9. The first kappa shape index (κ1) is 38.3. The van der Waals surface area contributed by atoms with Gasteiger partial charge in [-0.15, -0.1) is 5.10 Å². The Morgan fingerprint density at radius 2 is 1.35 bits per heavy atom. The second-order valence-corrected chi connectivity index (χ2v) is 14.1. The van der Waals surface area contributed by atoms with Crippen LogP contribution in [0.25, 0.3) is 0 Å². The van der Waals surface area contributed by atoms with E-state index in [0.29, 0.717) is 77.1 Å². The maximum Gasteiger partial charge on any atom is 0.317 e. The zero-order chi connectivity index (χ0) is 35.2. The van der Waals surface area contributed by atoms with Gasteiger partial charge in [-0.05, 0) is 25.7 Å². The second kappa shape index (κ2) is 19.6. The Kier molecular flexibility index (Phi) is 15.3. The number of nitrogens with zero attached hydrogens (tertiary/aromatic N) is 7. The van der Waals surface area contributed by atoms with E-state index in [2.05, 4.69) is 26.3 Å². The van der Waals surface area contributed by atoms with Crippen LogP contribution in [0.2, 0.25) is 0 Å². The molecule has 1 aromatic heterocycles. The van der Waals surface area contributed by atoms with Gasteiger partial charge in [0, 0.05) is 82.6 Å². The van der Waals surface area contributed by atoms with Crippen molar-refractivity contribution >= 4 is 41.6 Å². The van der Waals surface area contributed by atoms with Gasteiger partial charge >= 0.3 is 23.9 Å². The number of rotatable bonds is 17. The number of aliphatic carboxylic acids is 3. The van der Waals surface area contributed by atoms with Crippen molar-refractivity contribution in [2.24, 2.45) is 0 Å². The summed E-state index contributed by atoms with van der Waals surface area (Å²) in [4.78, 5) is 65.8. The summed E-state index contributed by atoms with van der Waals surface area (Å²) >= 11 is 1.92. The average molecular weight is 711 g/mol. The number of carboxylic acid groups (broad SMARTS) is 3. The molecule has 0 aromatic carbocycles. The summed E-state index contributed by atoms with van der Waals surface area (Å²) in [5, 5.41) is 46.0. The molecule has 49 heavy (non-hydrogen) atoms. The molecule has 4 rings (SSSR count). The Bertz CT molecular complexity index is 1240. The number of carbonyl (C=O) groups is 5. The van der Waals surface area contributed by atoms with Gasteiger partial charge in [-0.1, -0.05) is 11.6 Å². The molecular formula is C30H50N10O8S. The van der Waals surface area contributed by atoms with Crippen LogP contribution in [0.4, 0.5) is 4.79 Å². The van der Waals surface area contributed by atoms with Crippen LogP contribution in [0, 0.1) is 0 Å². The molecule has 0 saturated carbocycles. The van der Waals surface area contributed by atoms with E-state index in [1.54, 1.807) is 19.4 Å². The predicted molar refractivity (Wildman–Crippen MR) is 179 cm³/mol. The molecular weight excluding hydrogens is 660 g/mol. The van der Waals surface area contributed by atoms with Gasteiger partial charge in [0.1, 0.15) is 0 Å². The van der Waals surface area contributed by atoms with E-state index in [1.165, 1.54) is 0 Å². The third kappa shape index (κ3) is 13.7. The molecule has 3 atom stereocenters. The highest BCUT2D eigenvalue weighted by Gasteiger charge is 2.42. The highest BCUT2D eigenvalue weighted by molar-refractivity contribution is 8.00. The molecule has 0 bridgehead atoms. The maximum absolute atomic E-state index is 12.9. The lowest BCUT2D eigenvalue weighted by Gasteiger charge is -2.32. The third-order valence-corrected chi connectivity index (χ3v) is 10.5. The van der Waals surface area contributed by atoms with E-state index < -0.39 is 17.9 Å². The Hall–Kier alpha value is -3.52. The molecule has 6 N–H and O–H groups in total. The van der Waals surface area contributed by atoms with Gasteiger partial charge in [0.25, 0.3) is 0 Å². The number of unbranched alkanes of at least 4 members (excludes halogenated alkanes) is 1. The topological polar surface area (TPSA) is 226 Å². The first-order valence-corrected chi connectivity index (χ1v) is 18.0. The van der Waals surface area contributed by atoms with E-state index in [1.807, 2.05) is 22.9 Å². The smallest absolute Gasteiger partial charge is 0.317 e. The SMILES string of the molecule is O=C(O)CN1CCN(CC(=O)O)CCN(CC(=O)NCCCn2cc(CCCC[C@@H]3SC[C@@H]4NC(=O)N[C@@H]43)nn2)CCN(CC(=O)O)CC1. The molecule has 0 unspecified atom stereocenters. The molecule has 3 fully saturated rings. The summed E-state index contributed by atoms with van der Waals surface area (Å²) in [5.41, 5.74) is 0.926. The van der Waals surface area contributed by atoms with Gasteiger partial charge in [0.05, 0.1) is 44.0 Å². The van der Waals surface area contributed by atoms with Crippen LogP contribution in [0.5, 0.6) is 0 Å².